The molecule has 2 atom stereocenters. The molecule has 1 N–H and O–H groups in total. The van der Waals surface area contributed by atoms with E-state index in [1.807, 2.05) is 11.8 Å². The molecule has 1 heterocycles. The van der Waals surface area contributed by atoms with Crippen LogP contribution in [0.15, 0.2) is 0 Å². The Bertz CT molecular complexity index is 258. The zero-order chi connectivity index (χ0) is 13.5. The van der Waals surface area contributed by atoms with E-state index in [1.165, 1.54) is 18.6 Å². The van der Waals surface area contributed by atoms with E-state index < -0.39 is 0 Å². The van der Waals surface area contributed by atoms with Crippen molar-refractivity contribution in [2.45, 2.75) is 58.7 Å². The van der Waals surface area contributed by atoms with Crippen LogP contribution in [0.25, 0.3) is 0 Å². The van der Waals surface area contributed by atoms with Gasteiger partial charge in [-0.15, -0.1) is 0 Å². The van der Waals surface area contributed by atoms with Crippen LogP contribution in [0, 0.1) is 5.92 Å². The number of rotatable bonds is 8. The van der Waals surface area contributed by atoms with E-state index in [-0.39, 0.29) is 12.2 Å². The fourth-order valence-electron chi connectivity index (χ4n) is 2.49. The molecule has 1 amide bonds. The van der Waals surface area contributed by atoms with Crippen molar-refractivity contribution in [3.63, 3.8) is 0 Å². The van der Waals surface area contributed by atoms with Crippen molar-refractivity contribution in [1.29, 1.82) is 0 Å². The third kappa shape index (κ3) is 4.16. The number of hydrogen-bond acceptors (Lipinski definition) is 3. The second-order valence-corrected chi connectivity index (χ2v) is 6.38. The number of nitrogens with zero attached hydrogens (tertiary/aromatic N) is 1. The molecular weight excluding hydrogens is 244 g/mol. The number of hydrogen-bond donors (Lipinski definition) is 1. The Morgan fingerprint density at radius 3 is 2.61 bits per heavy atom. The second-order valence-electron chi connectivity index (χ2n) is 5.40. The summed E-state index contributed by atoms with van der Waals surface area (Å²) in [7, 11) is 0. The Hall–Kier alpha value is -0.220. The molecule has 1 fully saturated rings. The van der Waals surface area contributed by atoms with Crippen molar-refractivity contribution in [2.24, 2.45) is 5.92 Å². The number of carbonyl (C=O) groups excluding carboxylic acids is 1. The normalized spacial score (nSPS) is 24.3. The Balaban J connectivity index is 2.39. The van der Waals surface area contributed by atoms with Crippen LogP contribution < -0.4 is 5.32 Å². The maximum atomic E-state index is 12.3. The van der Waals surface area contributed by atoms with Gasteiger partial charge in [0.1, 0.15) is 0 Å². The summed E-state index contributed by atoms with van der Waals surface area (Å²) >= 11 is 1.90. The van der Waals surface area contributed by atoms with Gasteiger partial charge >= 0.3 is 0 Å². The number of carbonyl (C=O) groups is 1. The van der Waals surface area contributed by atoms with Gasteiger partial charge in [-0.25, -0.2) is 0 Å². The van der Waals surface area contributed by atoms with Gasteiger partial charge in [0.15, 0.2) is 0 Å². The topological polar surface area (TPSA) is 32.3 Å². The van der Waals surface area contributed by atoms with Gasteiger partial charge in [0, 0.05) is 6.54 Å². The summed E-state index contributed by atoms with van der Waals surface area (Å²) in [4.78, 5) is 14.4. The number of thioether (sulfide) groups is 1. The fourth-order valence-corrected chi connectivity index (χ4v) is 2.98. The SMILES string of the molecule is CCC1NC(C(C)C)C(=O)N1CCCCCSC. The predicted molar refractivity (Wildman–Crippen MR) is 79.8 cm³/mol. The highest BCUT2D eigenvalue weighted by atomic mass is 32.2. The molecule has 1 aliphatic rings. The van der Waals surface area contributed by atoms with Crippen LogP contribution in [0.5, 0.6) is 0 Å². The molecule has 3 nitrogen and oxygen atoms in total. The van der Waals surface area contributed by atoms with Gasteiger partial charge in [0.05, 0.1) is 12.2 Å². The van der Waals surface area contributed by atoms with E-state index in [2.05, 4.69) is 37.2 Å². The van der Waals surface area contributed by atoms with Crippen LogP contribution in [0.3, 0.4) is 0 Å². The van der Waals surface area contributed by atoms with Crippen molar-refractivity contribution in [3.8, 4) is 0 Å². The number of unbranched alkanes of at least 4 members (excludes halogenated alkanes) is 2. The van der Waals surface area contributed by atoms with Gasteiger partial charge in [-0.2, -0.15) is 11.8 Å². The first kappa shape index (κ1) is 15.8. The molecule has 1 rings (SSSR count). The first-order valence-electron chi connectivity index (χ1n) is 7.17. The predicted octanol–water partition coefficient (Wildman–Crippen LogP) is 2.71. The van der Waals surface area contributed by atoms with Crippen LogP contribution in [0.1, 0.15) is 46.5 Å². The molecule has 0 aliphatic carbocycles. The van der Waals surface area contributed by atoms with Crippen molar-refractivity contribution in [2.75, 3.05) is 18.6 Å². The summed E-state index contributed by atoms with van der Waals surface area (Å²) in [5.74, 6) is 1.92. The maximum absolute atomic E-state index is 12.3. The molecule has 0 aromatic heterocycles. The minimum Gasteiger partial charge on any atom is -0.326 e. The van der Waals surface area contributed by atoms with E-state index in [4.69, 9.17) is 0 Å². The molecule has 0 bridgehead atoms. The van der Waals surface area contributed by atoms with Gasteiger partial charge in [-0.3, -0.25) is 10.1 Å². The van der Waals surface area contributed by atoms with E-state index in [0.29, 0.717) is 11.8 Å². The number of nitrogens with one attached hydrogen (secondary N) is 1. The van der Waals surface area contributed by atoms with E-state index in [0.717, 1.165) is 19.4 Å². The van der Waals surface area contributed by atoms with Crippen molar-refractivity contribution < 1.29 is 4.79 Å². The Morgan fingerprint density at radius 1 is 1.33 bits per heavy atom. The fraction of sp³-hybridized carbons (Fsp3) is 0.929. The first-order chi connectivity index (χ1) is 8.61. The van der Waals surface area contributed by atoms with Gasteiger partial charge in [0.2, 0.25) is 5.91 Å². The molecule has 0 aromatic carbocycles. The van der Waals surface area contributed by atoms with Gasteiger partial charge in [-0.1, -0.05) is 27.2 Å². The molecular formula is C14H28N2OS. The molecule has 18 heavy (non-hydrogen) atoms. The first-order valence-corrected chi connectivity index (χ1v) is 8.56. The lowest BCUT2D eigenvalue weighted by molar-refractivity contribution is -0.130. The molecule has 106 valence electrons. The minimum absolute atomic E-state index is 0.0288. The third-order valence-corrected chi connectivity index (χ3v) is 4.30. The smallest absolute Gasteiger partial charge is 0.241 e. The summed E-state index contributed by atoms with van der Waals surface area (Å²) in [6.07, 6.45) is 7.03. The molecule has 4 heteroatoms. The van der Waals surface area contributed by atoms with Crippen LogP contribution in [0.4, 0.5) is 0 Å². The lowest BCUT2D eigenvalue weighted by Crippen LogP contribution is -2.37. The molecule has 1 saturated heterocycles. The van der Waals surface area contributed by atoms with Crippen LogP contribution >= 0.6 is 11.8 Å². The summed E-state index contributed by atoms with van der Waals surface area (Å²) in [6.45, 7) is 7.30. The molecule has 0 spiro atoms. The highest BCUT2D eigenvalue weighted by Crippen LogP contribution is 2.19. The quantitative estimate of drug-likeness (QED) is 0.690. The zero-order valence-corrected chi connectivity index (χ0v) is 13.1. The minimum atomic E-state index is 0.0288. The average Bonchev–Trinajstić information content (AvgIpc) is 2.66. The van der Waals surface area contributed by atoms with Crippen molar-refractivity contribution in [3.05, 3.63) is 0 Å². The van der Waals surface area contributed by atoms with Crippen LogP contribution in [0.2, 0.25) is 0 Å². The van der Waals surface area contributed by atoms with Gasteiger partial charge in [-0.05, 0) is 37.2 Å². The second kappa shape index (κ2) is 8.05. The number of amides is 1. The van der Waals surface area contributed by atoms with Crippen LogP contribution in [-0.2, 0) is 4.79 Å². The Kier molecular flexibility index (Phi) is 7.08. The molecule has 1 aliphatic heterocycles. The standard InChI is InChI=1S/C14H28N2OS/c1-5-12-15-13(11(2)3)14(17)16(12)9-7-6-8-10-18-4/h11-13,15H,5-10H2,1-4H3. The van der Waals surface area contributed by atoms with Crippen molar-refractivity contribution in [1.82, 2.24) is 10.2 Å². The van der Waals surface area contributed by atoms with E-state index >= 15 is 0 Å². The average molecular weight is 272 g/mol. The highest BCUT2D eigenvalue weighted by molar-refractivity contribution is 7.98. The molecule has 2 unspecified atom stereocenters. The Labute approximate surface area is 116 Å². The lowest BCUT2D eigenvalue weighted by Gasteiger charge is -2.23. The van der Waals surface area contributed by atoms with Crippen LogP contribution in [-0.4, -0.2) is 41.6 Å². The van der Waals surface area contributed by atoms with Gasteiger partial charge in [0.25, 0.3) is 0 Å². The molecule has 0 radical (unpaired) electrons. The Morgan fingerprint density at radius 2 is 2.06 bits per heavy atom. The zero-order valence-electron chi connectivity index (χ0n) is 12.2. The van der Waals surface area contributed by atoms with E-state index in [9.17, 15) is 4.79 Å². The monoisotopic (exact) mass is 272 g/mol. The van der Waals surface area contributed by atoms with Crippen molar-refractivity contribution >= 4 is 17.7 Å². The third-order valence-electron chi connectivity index (χ3n) is 3.60. The molecule has 0 saturated carbocycles. The summed E-state index contributed by atoms with van der Waals surface area (Å²) in [5, 5.41) is 3.46. The molecule has 0 aromatic rings. The largest absolute Gasteiger partial charge is 0.326 e. The summed E-state index contributed by atoms with van der Waals surface area (Å²) in [6, 6.07) is 0.0288. The lowest BCUT2D eigenvalue weighted by atomic mass is 10.1. The summed E-state index contributed by atoms with van der Waals surface area (Å²) < 4.78 is 0. The van der Waals surface area contributed by atoms with Gasteiger partial charge < -0.3 is 4.90 Å². The van der Waals surface area contributed by atoms with E-state index in [1.54, 1.807) is 0 Å². The maximum Gasteiger partial charge on any atom is 0.241 e. The highest BCUT2D eigenvalue weighted by Gasteiger charge is 2.38. The summed E-state index contributed by atoms with van der Waals surface area (Å²) in [5.41, 5.74) is 0.